The number of carbonyl (C=O) groups is 2. The van der Waals surface area contributed by atoms with E-state index >= 15 is 0 Å². The van der Waals surface area contributed by atoms with E-state index in [0.717, 1.165) is 5.75 Å². The smallest absolute Gasteiger partial charge is 0.324 e. The fourth-order valence-corrected chi connectivity index (χ4v) is 2.22. The van der Waals surface area contributed by atoms with Crippen LogP contribution in [-0.4, -0.2) is 54.2 Å². The highest BCUT2D eigenvalue weighted by molar-refractivity contribution is 7.98. The molecule has 7 heteroatoms. The molecule has 0 aliphatic rings. The lowest BCUT2D eigenvalue weighted by Crippen LogP contribution is -2.44. The van der Waals surface area contributed by atoms with Gasteiger partial charge >= 0.3 is 12.0 Å². The zero-order valence-corrected chi connectivity index (χ0v) is 12.9. The maximum Gasteiger partial charge on any atom is 0.324 e. The molecule has 0 fully saturated rings. The van der Waals surface area contributed by atoms with Crippen molar-refractivity contribution < 1.29 is 14.7 Å². The maximum atomic E-state index is 12.3. The lowest BCUT2D eigenvalue weighted by atomic mass is 10.3. The van der Waals surface area contributed by atoms with Crippen LogP contribution in [0.4, 0.5) is 10.5 Å². The number of anilines is 1. The van der Waals surface area contributed by atoms with Crippen molar-refractivity contribution in [3.05, 3.63) is 29.3 Å². The largest absolute Gasteiger partial charge is 0.480 e. The van der Waals surface area contributed by atoms with Crippen molar-refractivity contribution in [3.63, 3.8) is 0 Å². The van der Waals surface area contributed by atoms with Crippen LogP contribution in [0.25, 0.3) is 0 Å². The van der Waals surface area contributed by atoms with Gasteiger partial charge in [0.2, 0.25) is 0 Å². The van der Waals surface area contributed by atoms with Crippen LogP contribution >= 0.6 is 23.4 Å². The van der Waals surface area contributed by atoms with Gasteiger partial charge in [-0.05, 0) is 24.5 Å². The number of carboxylic acids is 1. The van der Waals surface area contributed by atoms with Gasteiger partial charge in [-0.1, -0.05) is 17.7 Å². The number of thioether (sulfide) groups is 1. The summed E-state index contributed by atoms with van der Waals surface area (Å²) < 4.78 is 0. The molecular weight excluding hydrogens is 300 g/mol. The molecule has 1 aromatic carbocycles. The van der Waals surface area contributed by atoms with Crippen molar-refractivity contribution in [1.29, 1.82) is 0 Å². The number of carboxylic acid groups (broad SMARTS) is 1. The van der Waals surface area contributed by atoms with E-state index in [2.05, 4.69) is 0 Å². The van der Waals surface area contributed by atoms with Crippen LogP contribution in [0.15, 0.2) is 24.3 Å². The van der Waals surface area contributed by atoms with Crippen molar-refractivity contribution in [2.75, 3.05) is 37.0 Å². The average Bonchev–Trinajstić information content (AvgIpc) is 2.41. The molecule has 1 N–H and O–H groups in total. The molecule has 0 aliphatic heterocycles. The molecule has 20 heavy (non-hydrogen) atoms. The van der Waals surface area contributed by atoms with Crippen LogP contribution in [0.1, 0.15) is 0 Å². The molecule has 5 nitrogen and oxygen atoms in total. The van der Waals surface area contributed by atoms with E-state index in [1.54, 1.807) is 43.1 Å². The van der Waals surface area contributed by atoms with Crippen LogP contribution in [0.3, 0.4) is 0 Å². The summed E-state index contributed by atoms with van der Waals surface area (Å²) in [6.07, 6.45) is 1.95. The van der Waals surface area contributed by atoms with Crippen molar-refractivity contribution in [2.45, 2.75) is 0 Å². The SMILES string of the molecule is CSCCN(C)C(=O)N(CC(=O)O)c1cccc(Cl)c1. The number of nitrogens with zero attached hydrogens (tertiary/aromatic N) is 2. The molecule has 0 saturated heterocycles. The van der Waals surface area contributed by atoms with Gasteiger partial charge in [-0.15, -0.1) is 0 Å². The number of amides is 2. The van der Waals surface area contributed by atoms with E-state index < -0.39 is 12.5 Å². The topological polar surface area (TPSA) is 60.9 Å². The number of hydrogen-bond donors (Lipinski definition) is 1. The van der Waals surface area contributed by atoms with Gasteiger partial charge in [-0.2, -0.15) is 11.8 Å². The first-order valence-corrected chi connectivity index (χ1v) is 7.71. The van der Waals surface area contributed by atoms with Crippen molar-refractivity contribution >= 4 is 41.1 Å². The minimum atomic E-state index is -1.07. The molecule has 110 valence electrons. The minimum absolute atomic E-state index is 0.358. The van der Waals surface area contributed by atoms with Gasteiger partial charge in [0.25, 0.3) is 0 Å². The van der Waals surface area contributed by atoms with Gasteiger partial charge in [0.05, 0.1) is 0 Å². The van der Waals surface area contributed by atoms with Crippen LogP contribution in [0, 0.1) is 0 Å². The Kier molecular flexibility index (Phi) is 6.67. The Morgan fingerprint density at radius 1 is 1.40 bits per heavy atom. The van der Waals surface area contributed by atoms with E-state index in [1.165, 1.54) is 9.80 Å². The van der Waals surface area contributed by atoms with Gasteiger partial charge in [-0.25, -0.2) is 4.79 Å². The highest BCUT2D eigenvalue weighted by Gasteiger charge is 2.22. The Bertz CT molecular complexity index is 484. The third-order valence-corrected chi connectivity index (χ3v) is 3.43. The molecule has 0 atom stereocenters. The number of benzene rings is 1. The molecule has 0 unspecified atom stereocenters. The fourth-order valence-electron chi connectivity index (χ4n) is 1.58. The quantitative estimate of drug-likeness (QED) is 0.876. The highest BCUT2D eigenvalue weighted by atomic mass is 35.5. The fraction of sp³-hybridized carbons (Fsp3) is 0.385. The molecule has 2 amide bonds. The van der Waals surface area contributed by atoms with E-state index in [-0.39, 0.29) is 6.03 Å². The molecule has 1 rings (SSSR count). The standard InChI is InChI=1S/C13H17ClN2O3S/c1-15(6-7-20-2)13(19)16(9-12(17)18)11-5-3-4-10(14)8-11/h3-5,8H,6-7,9H2,1-2H3,(H,17,18). The van der Waals surface area contributed by atoms with Crippen molar-refractivity contribution in [2.24, 2.45) is 0 Å². The summed E-state index contributed by atoms with van der Waals surface area (Å²) in [5.41, 5.74) is 0.473. The molecule has 0 bridgehead atoms. The first kappa shape index (κ1) is 16.7. The van der Waals surface area contributed by atoms with Gasteiger partial charge in [0.15, 0.2) is 0 Å². The third kappa shape index (κ3) is 4.94. The summed E-state index contributed by atoms with van der Waals surface area (Å²) in [7, 11) is 1.65. The number of urea groups is 1. The lowest BCUT2D eigenvalue weighted by Gasteiger charge is -2.27. The minimum Gasteiger partial charge on any atom is -0.480 e. The molecule has 0 aromatic heterocycles. The van der Waals surface area contributed by atoms with Crippen LogP contribution in [-0.2, 0) is 4.79 Å². The first-order valence-electron chi connectivity index (χ1n) is 5.94. The lowest BCUT2D eigenvalue weighted by molar-refractivity contribution is -0.135. The van der Waals surface area contributed by atoms with E-state index in [1.807, 2.05) is 6.26 Å². The first-order chi connectivity index (χ1) is 9.45. The van der Waals surface area contributed by atoms with Crippen molar-refractivity contribution in [3.8, 4) is 0 Å². The molecule has 0 aliphatic carbocycles. The van der Waals surface area contributed by atoms with Crippen LogP contribution in [0.2, 0.25) is 5.02 Å². The van der Waals surface area contributed by atoms with Gasteiger partial charge in [0.1, 0.15) is 6.54 Å². The van der Waals surface area contributed by atoms with E-state index in [9.17, 15) is 9.59 Å². The summed E-state index contributed by atoms with van der Waals surface area (Å²) in [6.45, 7) is 0.152. The Morgan fingerprint density at radius 2 is 2.10 bits per heavy atom. The zero-order valence-electron chi connectivity index (χ0n) is 11.4. The second-order valence-electron chi connectivity index (χ2n) is 4.16. The molecular formula is C13H17ClN2O3S. The Balaban J connectivity index is 2.94. The Labute approximate surface area is 127 Å². The van der Waals surface area contributed by atoms with E-state index in [4.69, 9.17) is 16.7 Å². The molecule has 1 aromatic rings. The number of aliphatic carboxylic acids is 1. The summed E-state index contributed by atoms with van der Waals surface area (Å²) in [4.78, 5) is 26.0. The second kappa shape index (κ2) is 8.01. The van der Waals surface area contributed by atoms with Crippen LogP contribution in [0.5, 0.6) is 0 Å². The average molecular weight is 317 g/mol. The number of carbonyl (C=O) groups excluding carboxylic acids is 1. The summed E-state index contributed by atoms with van der Waals surface area (Å²) in [5.74, 6) is -0.282. The monoisotopic (exact) mass is 316 g/mol. The Hall–Kier alpha value is -1.40. The van der Waals surface area contributed by atoms with Gasteiger partial charge in [-0.3, -0.25) is 9.69 Å². The second-order valence-corrected chi connectivity index (χ2v) is 5.58. The highest BCUT2D eigenvalue weighted by Crippen LogP contribution is 2.20. The summed E-state index contributed by atoms with van der Waals surface area (Å²) >= 11 is 7.51. The number of hydrogen-bond acceptors (Lipinski definition) is 3. The normalized spacial score (nSPS) is 10.2. The number of rotatable bonds is 6. The van der Waals surface area contributed by atoms with Gasteiger partial charge in [0, 0.05) is 30.1 Å². The number of halogens is 1. The Morgan fingerprint density at radius 3 is 2.65 bits per heavy atom. The zero-order chi connectivity index (χ0) is 15.1. The van der Waals surface area contributed by atoms with Crippen LogP contribution < -0.4 is 4.90 Å². The summed E-state index contributed by atoms with van der Waals surface area (Å²) in [6, 6.07) is 6.23. The van der Waals surface area contributed by atoms with Gasteiger partial charge < -0.3 is 10.0 Å². The van der Waals surface area contributed by atoms with E-state index in [0.29, 0.717) is 17.3 Å². The van der Waals surface area contributed by atoms with Crippen molar-refractivity contribution in [1.82, 2.24) is 4.90 Å². The summed E-state index contributed by atoms with van der Waals surface area (Å²) in [5, 5.41) is 9.43. The molecule has 0 radical (unpaired) electrons. The predicted molar refractivity (Wildman–Crippen MR) is 82.8 cm³/mol. The third-order valence-electron chi connectivity index (χ3n) is 2.60. The molecule has 0 heterocycles. The molecule has 0 spiro atoms. The maximum absolute atomic E-state index is 12.3. The predicted octanol–water partition coefficient (Wildman–Crippen LogP) is 2.65. The molecule has 0 saturated carbocycles.